The van der Waals surface area contributed by atoms with Gasteiger partial charge in [0.1, 0.15) is 0 Å². The summed E-state index contributed by atoms with van der Waals surface area (Å²) in [4.78, 5) is 16.5. The van der Waals surface area contributed by atoms with E-state index in [1.165, 1.54) is 6.20 Å². The van der Waals surface area contributed by atoms with E-state index in [9.17, 15) is 13.2 Å². The van der Waals surface area contributed by atoms with Gasteiger partial charge >= 0.3 is 5.69 Å². The number of H-pyrrole nitrogens is 1. The fraction of sp³-hybridized carbons (Fsp3) is 0.333. The van der Waals surface area contributed by atoms with E-state index in [1.807, 2.05) is 0 Å². The third kappa shape index (κ3) is 1.14. The van der Waals surface area contributed by atoms with Crippen molar-refractivity contribution in [3.05, 3.63) is 27.9 Å². The van der Waals surface area contributed by atoms with Gasteiger partial charge in [-0.1, -0.05) is 0 Å². The van der Waals surface area contributed by atoms with Crippen molar-refractivity contribution in [3.8, 4) is 0 Å². The van der Waals surface area contributed by atoms with Crippen LogP contribution < -0.4 is 5.69 Å². The SMILES string of the molecule is O=c1ncc2c([nH]1)CS(=O)(=O)C2. The summed E-state index contributed by atoms with van der Waals surface area (Å²) in [7, 11) is -3.03. The quantitative estimate of drug-likeness (QED) is 0.575. The van der Waals surface area contributed by atoms with Crippen molar-refractivity contribution < 1.29 is 8.42 Å². The monoisotopic (exact) mass is 186 g/mol. The van der Waals surface area contributed by atoms with Gasteiger partial charge in [0.2, 0.25) is 0 Å². The molecule has 5 nitrogen and oxygen atoms in total. The van der Waals surface area contributed by atoms with E-state index in [2.05, 4.69) is 9.97 Å². The number of sulfone groups is 1. The maximum Gasteiger partial charge on any atom is 0.345 e. The van der Waals surface area contributed by atoms with Crippen LogP contribution in [0, 0.1) is 0 Å². The molecule has 0 amide bonds. The third-order valence-corrected chi connectivity index (χ3v) is 3.20. The second-order valence-electron chi connectivity index (χ2n) is 2.72. The lowest BCUT2D eigenvalue weighted by Crippen LogP contribution is -2.11. The molecule has 2 rings (SSSR count). The van der Waals surface area contributed by atoms with Crippen LogP contribution in [0.1, 0.15) is 11.3 Å². The highest BCUT2D eigenvalue weighted by molar-refractivity contribution is 7.90. The Labute approximate surface area is 68.4 Å². The van der Waals surface area contributed by atoms with Gasteiger partial charge in [-0.25, -0.2) is 18.2 Å². The number of fused-ring (bicyclic) bond motifs is 1. The van der Waals surface area contributed by atoms with Gasteiger partial charge in [-0.3, -0.25) is 0 Å². The van der Waals surface area contributed by atoms with Crippen LogP contribution in [0.15, 0.2) is 11.0 Å². The second kappa shape index (κ2) is 2.16. The molecule has 0 spiro atoms. The molecule has 2 heterocycles. The number of hydrogen-bond donors (Lipinski definition) is 1. The van der Waals surface area contributed by atoms with Crippen LogP contribution in [-0.2, 0) is 21.3 Å². The van der Waals surface area contributed by atoms with E-state index in [1.54, 1.807) is 0 Å². The summed E-state index contributed by atoms with van der Waals surface area (Å²) in [6.45, 7) is 0. The second-order valence-corrected chi connectivity index (χ2v) is 4.79. The largest absolute Gasteiger partial charge is 0.345 e. The van der Waals surface area contributed by atoms with Crippen LogP contribution in [0.5, 0.6) is 0 Å². The highest BCUT2D eigenvalue weighted by Gasteiger charge is 2.25. The summed E-state index contributed by atoms with van der Waals surface area (Å²) in [5.41, 5.74) is 0.593. The molecule has 0 atom stereocenters. The van der Waals surface area contributed by atoms with Gasteiger partial charge in [0.15, 0.2) is 9.84 Å². The Morgan fingerprint density at radius 3 is 2.92 bits per heavy atom. The Morgan fingerprint density at radius 2 is 2.17 bits per heavy atom. The molecule has 1 aliphatic heterocycles. The molecule has 0 bridgehead atoms. The van der Waals surface area contributed by atoms with Crippen molar-refractivity contribution in [1.29, 1.82) is 0 Å². The van der Waals surface area contributed by atoms with E-state index >= 15 is 0 Å². The first kappa shape index (κ1) is 7.48. The Hall–Kier alpha value is -1.17. The lowest BCUT2D eigenvalue weighted by Gasteiger charge is -1.90. The summed E-state index contributed by atoms with van der Waals surface area (Å²) in [6, 6.07) is 0. The lowest BCUT2D eigenvalue weighted by atomic mass is 10.3. The van der Waals surface area contributed by atoms with Gasteiger partial charge in [-0.2, -0.15) is 0 Å². The maximum absolute atomic E-state index is 11.0. The predicted octanol–water partition coefficient (Wildman–Crippen LogP) is -0.802. The zero-order valence-corrected chi connectivity index (χ0v) is 6.89. The first-order valence-corrected chi connectivity index (χ1v) is 5.16. The van der Waals surface area contributed by atoms with Crippen molar-refractivity contribution in [2.24, 2.45) is 0 Å². The van der Waals surface area contributed by atoms with E-state index in [-0.39, 0.29) is 11.5 Å². The van der Waals surface area contributed by atoms with Crippen molar-refractivity contribution in [2.75, 3.05) is 0 Å². The minimum absolute atomic E-state index is 0.00782. The van der Waals surface area contributed by atoms with Gasteiger partial charge in [0.25, 0.3) is 0 Å². The number of nitrogens with zero attached hydrogens (tertiary/aromatic N) is 1. The first-order chi connectivity index (χ1) is 5.57. The van der Waals surface area contributed by atoms with Crippen molar-refractivity contribution in [1.82, 2.24) is 9.97 Å². The molecule has 0 fully saturated rings. The first-order valence-electron chi connectivity index (χ1n) is 3.34. The molecule has 1 aromatic heterocycles. The zero-order valence-electron chi connectivity index (χ0n) is 6.07. The number of aromatic amines is 1. The summed E-state index contributed by atoms with van der Waals surface area (Å²) < 4.78 is 22.1. The molecule has 1 aromatic rings. The Balaban J connectivity index is 2.64. The number of aromatic nitrogens is 2. The van der Waals surface area contributed by atoms with Crippen LogP contribution >= 0.6 is 0 Å². The highest BCUT2D eigenvalue weighted by atomic mass is 32.2. The minimum atomic E-state index is -3.03. The van der Waals surface area contributed by atoms with Gasteiger partial charge < -0.3 is 4.98 Å². The van der Waals surface area contributed by atoms with Crippen LogP contribution in [0.25, 0.3) is 0 Å². The van der Waals surface area contributed by atoms with Crippen molar-refractivity contribution >= 4 is 9.84 Å². The Morgan fingerprint density at radius 1 is 1.42 bits per heavy atom. The van der Waals surface area contributed by atoms with Gasteiger partial charge in [-0.15, -0.1) is 0 Å². The van der Waals surface area contributed by atoms with E-state index in [4.69, 9.17) is 0 Å². The molecule has 0 aliphatic carbocycles. The molecular weight excluding hydrogens is 180 g/mol. The standard InChI is InChI=1S/C6H6N2O3S/c9-6-7-1-4-2-12(10,11)3-5(4)8-6/h1H,2-3H2,(H,7,8,9). The van der Waals surface area contributed by atoms with Crippen LogP contribution in [0.3, 0.4) is 0 Å². The van der Waals surface area contributed by atoms with E-state index < -0.39 is 15.5 Å². The fourth-order valence-corrected chi connectivity index (χ4v) is 2.74. The molecule has 1 N–H and O–H groups in total. The van der Waals surface area contributed by atoms with Crippen LogP contribution in [-0.4, -0.2) is 18.4 Å². The third-order valence-electron chi connectivity index (χ3n) is 1.72. The molecule has 0 saturated heterocycles. The summed E-state index contributed by atoms with van der Waals surface area (Å²) in [5.74, 6) is -0.0772. The normalized spacial score (nSPS) is 19.0. The average molecular weight is 186 g/mol. The number of nitrogens with one attached hydrogen (secondary N) is 1. The van der Waals surface area contributed by atoms with Gasteiger partial charge in [0, 0.05) is 17.5 Å². The molecule has 0 saturated carbocycles. The van der Waals surface area contributed by atoms with E-state index in [0.29, 0.717) is 11.3 Å². The van der Waals surface area contributed by atoms with Gasteiger partial charge in [-0.05, 0) is 0 Å². The fourth-order valence-electron chi connectivity index (χ4n) is 1.22. The maximum atomic E-state index is 11.0. The van der Waals surface area contributed by atoms with Crippen molar-refractivity contribution in [2.45, 2.75) is 11.5 Å². The lowest BCUT2D eigenvalue weighted by molar-refractivity contribution is 0.597. The summed E-state index contributed by atoms with van der Waals surface area (Å²) >= 11 is 0. The topological polar surface area (TPSA) is 79.9 Å². The summed E-state index contributed by atoms with van der Waals surface area (Å²) in [6.07, 6.45) is 1.32. The van der Waals surface area contributed by atoms with Crippen LogP contribution in [0.2, 0.25) is 0 Å². The molecule has 12 heavy (non-hydrogen) atoms. The van der Waals surface area contributed by atoms with Crippen LogP contribution in [0.4, 0.5) is 0 Å². The number of rotatable bonds is 0. The predicted molar refractivity (Wildman–Crippen MR) is 41.2 cm³/mol. The number of hydrogen-bond acceptors (Lipinski definition) is 4. The molecule has 0 aromatic carbocycles. The van der Waals surface area contributed by atoms with E-state index in [0.717, 1.165) is 0 Å². The Kier molecular flexibility index (Phi) is 1.35. The minimum Gasteiger partial charge on any atom is -0.308 e. The summed E-state index contributed by atoms with van der Waals surface area (Å²) in [5, 5.41) is 0. The molecular formula is C6H6N2O3S. The molecule has 6 heteroatoms. The zero-order chi connectivity index (χ0) is 8.77. The average Bonchev–Trinajstić information content (AvgIpc) is 2.21. The molecule has 1 aliphatic rings. The van der Waals surface area contributed by atoms with Crippen molar-refractivity contribution in [3.63, 3.8) is 0 Å². The highest BCUT2D eigenvalue weighted by Crippen LogP contribution is 2.20. The molecule has 0 radical (unpaired) electrons. The molecule has 64 valence electrons. The molecule has 0 unspecified atom stereocenters. The Bertz CT molecular complexity index is 474. The van der Waals surface area contributed by atoms with Gasteiger partial charge in [0.05, 0.1) is 11.5 Å². The smallest absolute Gasteiger partial charge is 0.308 e.